The molecule has 1 aromatic heterocycles. The Bertz CT molecular complexity index is 3210. The molecular weight excluding hydrogens is 1140 g/mol. The van der Waals surface area contributed by atoms with E-state index in [1.807, 2.05) is 0 Å². The number of phenolic OH excluding ortho intramolecular Hbond substituents is 1. The molecule has 18 N–H and O–H groups in total. The van der Waals surface area contributed by atoms with Gasteiger partial charge in [0.2, 0.25) is 53.2 Å². The molecule has 1 aliphatic heterocycles. The minimum atomic E-state index is -4.50. The summed E-state index contributed by atoms with van der Waals surface area (Å²) >= 11 is 0. The minimum absolute atomic E-state index is 0.00706. The Hall–Kier alpha value is -9.16. The number of aromatic amines is 1. The Balaban J connectivity index is 1.28. The van der Waals surface area contributed by atoms with Crippen LogP contribution in [0.25, 0.3) is 10.9 Å². The van der Waals surface area contributed by atoms with Gasteiger partial charge >= 0.3 is 16.1 Å². The summed E-state index contributed by atoms with van der Waals surface area (Å²) in [5, 5.41) is 38.7. The third-order valence-electron chi connectivity index (χ3n) is 13.7. The van der Waals surface area contributed by atoms with Crippen LogP contribution in [0.1, 0.15) is 75.5 Å². The molecule has 30 heteroatoms. The number of nitrogens with zero attached hydrogens (tertiary/aromatic N) is 2. The van der Waals surface area contributed by atoms with Crippen molar-refractivity contribution in [3.8, 4) is 5.75 Å². The predicted octanol–water partition coefficient (Wildman–Crippen LogP) is -2.77. The molecule has 3 aromatic carbocycles. The Morgan fingerprint density at radius 2 is 1.37 bits per heavy atom. The molecular formula is C56H76N14O15S. The molecule has 7 atom stereocenters. The summed E-state index contributed by atoms with van der Waals surface area (Å²) in [4.78, 5) is 143. The lowest BCUT2D eigenvalue weighted by atomic mass is 10.0. The number of fused-ring (bicyclic) bond motifs is 1. The zero-order valence-electron chi connectivity index (χ0n) is 47.8. The number of rotatable bonds is 32. The number of guanidine groups is 1. The Labute approximate surface area is 496 Å². The Kier molecular flexibility index (Phi) is 25.3. The average molecular weight is 1220 g/mol. The van der Waals surface area contributed by atoms with Gasteiger partial charge in [0, 0.05) is 49.5 Å². The van der Waals surface area contributed by atoms with Gasteiger partial charge in [-0.3, -0.25) is 52.9 Å². The summed E-state index contributed by atoms with van der Waals surface area (Å²) < 4.78 is 30.1. The maximum atomic E-state index is 14.2. The molecule has 0 unspecified atom stereocenters. The molecule has 0 radical (unpaired) electrons. The van der Waals surface area contributed by atoms with E-state index in [2.05, 4.69) is 47.2 Å². The highest BCUT2D eigenvalue weighted by atomic mass is 32.2. The van der Waals surface area contributed by atoms with E-state index >= 15 is 0 Å². The van der Waals surface area contributed by atoms with Gasteiger partial charge in [0.05, 0.1) is 25.7 Å². The molecule has 0 aliphatic carbocycles. The SMILES string of the molecule is Cc1ccc(S(=O)(=O)OC(=O)CC[C@H](N)C(=O)N[C@@H](Cc2c[nH]c3ccccc23)C(=O)N[C@@H](CO)C(=O)N[C@@H](Cc2ccc(O)cc2)C(=O)NCC(=O)N[C@@H](CC(C)C)C(=O)N[C@@H](CCCN=C(N)N)C(=O)N2CCC[C@H]2C(=O)NCC(N)=O)cc1. The standard InChI is InChI=1S/C56H76N14O15S/c1-31(2)24-41(51(78)66-40(10-6-22-61-56(59)60)55(82)70-23-7-11-45(70)54(81)63-28-46(58)73)65-47(74)29-64-50(77)42(25-33-14-16-35(72)17-15-33)68-53(80)44(30-71)69-52(79)43(26-34-27-62-39-9-5-4-8-37(34)39)67-49(76)38(57)20-21-48(75)85-86(83,84)36-18-12-32(3)13-19-36/h4-5,8-9,12-19,27,31,38,40-45,62,71-72H,6-7,10-11,20-26,28-30,57H2,1-3H3,(H2,58,73)(H,63,81)(H,64,77)(H,65,74)(H,66,78)(H,67,76)(H,68,80)(H,69,79)(H4,59,60,61)/t38-,40-,41-,42-,43-,44-,45-/m0/s1. The molecule has 466 valence electrons. The number of aromatic nitrogens is 1. The van der Waals surface area contributed by atoms with E-state index in [1.54, 1.807) is 51.2 Å². The van der Waals surface area contributed by atoms with Crippen LogP contribution in [0.3, 0.4) is 0 Å². The molecule has 0 saturated carbocycles. The van der Waals surface area contributed by atoms with Crippen LogP contribution in [0.15, 0.2) is 88.9 Å². The minimum Gasteiger partial charge on any atom is -0.508 e. The van der Waals surface area contributed by atoms with Crippen LogP contribution in [-0.4, -0.2) is 169 Å². The number of aliphatic hydroxyl groups excluding tert-OH is 1. The largest absolute Gasteiger partial charge is 0.508 e. The highest BCUT2D eigenvalue weighted by molar-refractivity contribution is 7.87. The van der Waals surface area contributed by atoms with Crippen LogP contribution < -0.4 is 60.2 Å². The van der Waals surface area contributed by atoms with Crippen molar-refractivity contribution < 1.29 is 70.8 Å². The lowest BCUT2D eigenvalue weighted by molar-refractivity contribution is -0.142. The monoisotopic (exact) mass is 1220 g/mol. The molecule has 29 nitrogen and oxygen atoms in total. The van der Waals surface area contributed by atoms with Crippen molar-refractivity contribution in [2.24, 2.45) is 33.8 Å². The van der Waals surface area contributed by atoms with Crippen molar-refractivity contribution in [2.75, 3.05) is 32.8 Å². The molecule has 1 fully saturated rings. The first-order chi connectivity index (χ1) is 40.7. The van der Waals surface area contributed by atoms with E-state index in [0.717, 1.165) is 5.56 Å². The number of nitrogens with one attached hydrogen (secondary N) is 8. The Morgan fingerprint density at radius 3 is 2.03 bits per heavy atom. The van der Waals surface area contributed by atoms with Gasteiger partial charge in [-0.25, -0.2) is 0 Å². The average Bonchev–Trinajstić information content (AvgIpc) is 3.45. The number of likely N-dealkylation sites (tertiary alicyclic amines) is 1. The lowest BCUT2D eigenvalue weighted by Crippen LogP contribution is -2.60. The van der Waals surface area contributed by atoms with E-state index in [-0.39, 0.29) is 74.1 Å². The van der Waals surface area contributed by atoms with Crippen molar-refractivity contribution >= 4 is 86.1 Å². The fourth-order valence-electron chi connectivity index (χ4n) is 9.21. The first-order valence-corrected chi connectivity index (χ1v) is 29.1. The molecule has 1 aliphatic rings. The van der Waals surface area contributed by atoms with Crippen molar-refractivity contribution in [3.63, 3.8) is 0 Å². The number of primary amides is 1. The van der Waals surface area contributed by atoms with Crippen LogP contribution in [0.2, 0.25) is 0 Å². The second-order valence-electron chi connectivity index (χ2n) is 21.0. The molecule has 4 aromatic rings. The van der Waals surface area contributed by atoms with Crippen molar-refractivity contribution in [3.05, 3.63) is 95.7 Å². The van der Waals surface area contributed by atoms with Gasteiger partial charge in [-0.05, 0) is 92.8 Å². The number of aliphatic imine (C=N–C) groups is 1. The Morgan fingerprint density at radius 1 is 0.744 bits per heavy atom. The maximum absolute atomic E-state index is 14.2. The highest BCUT2D eigenvalue weighted by Crippen LogP contribution is 2.22. The predicted molar refractivity (Wildman–Crippen MR) is 312 cm³/mol. The van der Waals surface area contributed by atoms with Crippen LogP contribution in [-0.2, 0) is 75.1 Å². The normalized spacial score (nSPS) is 15.1. The van der Waals surface area contributed by atoms with Crippen molar-refractivity contribution in [1.82, 2.24) is 47.1 Å². The zero-order chi connectivity index (χ0) is 63.3. The number of aryl methyl sites for hydroxylation is 1. The highest BCUT2D eigenvalue weighted by Gasteiger charge is 2.39. The molecule has 0 bridgehead atoms. The van der Waals surface area contributed by atoms with Gasteiger partial charge in [-0.2, -0.15) is 8.42 Å². The van der Waals surface area contributed by atoms with E-state index in [4.69, 9.17) is 27.1 Å². The number of carbonyl (C=O) groups is 10. The van der Waals surface area contributed by atoms with Crippen LogP contribution in [0, 0.1) is 12.8 Å². The topological polar surface area (TPSA) is 474 Å². The number of H-pyrrole nitrogens is 1. The summed E-state index contributed by atoms with van der Waals surface area (Å²) in [5.74, 6) is -9.40. The van der Waals surface area contributed by atoms with Gasteiger partial charge in [0.25, 0.3) is 0 Å². The number of amides is 9. The number of aliphatic hydroxyl groups is 1. The van der Waals surface area contributed by atoms with Crippen molar-refractivity contribution in [2.45, 2.75) is 126 Å². The number of carbonyl (C=O) groups excluding carboxylic acids is 10. The molecule has 5 rings (SSSR count). The van der Waals surface area contributed by atoms with Crippen molar-refractivity contribution in [1.29, 1.82) is 0 Å². The first-order valence-electron chi connectivity index (χ1n) is 27.7. The molecule has 2 heterocycles. The molecule has 0 spiro atoms. The number of phenols is 1. The summed E-state index contributed by atoms with van der Waals surface area (Å²) in [6.45, 7) is 3.27. The third kappa shape index (κ3) is 20.9. The van der Waals surface area contributed by atoms with E-state index < -0.39 is 144 Å². The number of nitrogens with two attached hydrogens (primary N) is 4. The van der Waals surface area contributed by atoms with Crippen LogP contribution in [0.5, 0.6) is 5.75 Å². The van der Waals surface area contributed by atoms with E-state index in [1.165, 1.54) is 53.4 Å². The zero-order valence-corrected chi connectivity index (χ0v) is 48.7. The van der Waals surface area contributed by atoms with E-state index in [0.29, 0.717) is 28.5 Å². The number of benzene rings is 3. The summed E-state index contributed by atoms with van der Waals surface area (Å²) in [7, 11) is -4.50. The summed E-state index contributed by atoms with van der Waals surface area (Å²) in [6.07, 6.45) is 1.05. The quantitative estimate of drug-likeness (QED) is 0.0102. The van der Waals surface area contributed by atoms with Gasteiger partial charge < -0.3 is 84.4 Å². The van der Waals surface area contributed by atoms with E-state index in [9.17, 15) is 66.6 Å². The third-order valence-corrected chi connectivity index (χ3v) is 14.9. The van der Waals surface area contributed by atoms with Crippen LogP contribution in [0.4, 0.5) is 0 Å². The second-order valence-corrected chi connectivity index (χ2v) is 22.6. The fraction of sp³-hybridized carbons (Fsp3) is 0.446. The maximum Gasteiger partial charge on any atom is 0.341 e. The summed E-state index contributed by atoms with van der Waals surface area (Å²) in [6, 6.07) is 8.34. The number of para-hydroxylation sites is 1. The summed E-state index contributed by atoms with van der Waals surface area (Å²) in [5.41, 5.74) is 24.7. The second kappa shape index (κ2) is 32.2. The van der Waals surface area contributed by atoms with Gasteiger partial charge in [0.1, 0.15) is 46.9 Å². The van der Waals surface area contributed by atoms with Gasteiger partial charge in [0.15, 0.2) is 5.96 Å². The van der Waals surface area contributed by atoms with Gasteiger partial charge in [-0.15, -0.1) is 0 Å². The fourth-order valence-corrected chi connectivity index (χ4v) is 10.1. The smallest absolute Gasteiger partial charge is 0.341 e. The van der Waals surface area contributed by atoms with Crippen LogP contribution >= 0.6 is 0 Å². The number of hydrogen-bond acceptors (Lipinski definition) is 17. The molecule has 9 amide bonds. The molecule has 86 heavy (non-hydrogen) atoms. The number of hydrogen-bond donors (Lipinski definition) is 14. The number of aromatic hydroxyl groups is 1. The molecule has 1 saturated heterocycles. The van der Waals surface area contributed by atoms with Gasteiger partial charge in [-0.1, -0.05) is 61.9 Å². The lowest BCUT2D eigenvalue weighted by Gasteiger charge is -2.30. The first kappa shape index (κ1) is 67.6.